The number of likely N-dealkylation sites (tertiary alicyclic amines) is 2. The largest absolute Gasteiger partial charge is 0.381 e. The fraction of sp³-hybridized carbons (Fsp3) is 0.628. The molecule has 4 saturated heterocycles. The molecular weight excluding hydrogens is 661 g/mol. The highest BCUT2D eigenvalue weighted by molar-refractivity contribution is 5.74. The van der Waals surface area contributed by atoms with Crippen LogP contribution in [0.1, 0.15) is 120 Å². The van der Waals surface area contributed by atoms with Crippen LogP contribution in [0.3, 0.4) is 0 Å². The molecule has 288 valence electrons. The second-order valence-corrected chi connectivity index (χ2v) is 15.6. The van der Waals surface area contributed by atoms with Gasteiger partial charge in [-0.25, -0.2) is 9.97 Å². The van der Waals surface area contributed by atoms with Gasteiger partial charge < -0.3 is 19.3 Å². The van der Waals surface area contributed by atoms with Crippen LogP contribution in [0, 0.1) is 11.8 Å². The number of allylic oxidation sites excluding steroid dienone is 4. The molecule has 0 N–H and O–H groups in total. The summed E-state index contributed by atoms with van der Waals surface area (Å²) in [6.07, 6.45) is 24.5. The first-order valence-corrected chi connectivity index (χ1v) is 19.3. The summed E-state index contributed by atoms with van der Waals surface area (Å²) < 4.78 is 15.8. The molecule has 0 radical (unpaired) electrons. The van der Waals surface area contributed by atoms with Crippen molar-refractivity contribution in [3.8, 4) is 0 Å². The molecule has 2 aliphatic carbocycles. The lowest BCUT2D eigenvalue weighted by Crippen LogP contribution is -2.29. The molecule has 4 fully saturated rings. The lowest BCUT2D eigenvalue weighted by Gasteiger charge is -2.27. The van der Waals surface area contributed by atoms with Crippen molar-refractivity contribution in [3.05, 3.63) is 71.1 Å². The van der Waals surface area contributed by atoms with Crippen LogP contribution in [0.2, 0.25) is 0 Å². The zero-order valence-electron chi connectivity index (χ0n) is 29.9. The van der Waals surface area contributed by atoms with E-state index in [-0.39, 0.29) is 22.3 Å². The van der Waals surface area contributed by atoms with Gasteiger partial charge >= 0.3 is 0 Å². The van der Waals surface area contributed by atoms with E-state index in [2.05, 4.69) is 57.2 Å². The third-order valence-corrected chi connectivity index (χ3v) is 12.4. The Morgan fingerprint density at radius 2 is 0.906 bits per heavy atom. The fourth-order valence-corrected chi connectivity index (χ4v) is 9.29. The standard InChI is InChI=1S/2C20H26N4O.3CH4/c2*1-23-8-4-15(5-9-23)18-13-24-19(22-18)12-21-17-3-2-16(20(17)24)14-6-10-25-11-7-14;;;/h2*2,12-15H,3-11H2,1H3;3*1H4. The van der Waals surface area contributed by atoms with Crippen LogP contribution < -0.4 is 0 Å². The van der Waals surface area contributed by atoms with Crippen LogP contribution in [0.15, 0.2) is 36.9 Å². The van der Waals surface area contributed by atoms with Crippen LogP contribution in [0.5, 0.6) is 0 Å². The smallest absolute Gasteiger partial charge is 0.156 e. The molecule has 0 saturated carbocycles. The van der Waals surface area contributed by atoms with E-state index in [0.717, 1.165) is 76.2 Å². The molecule has 10 nitrogen and oxygen atoms in total. The van der Waals surface area contributed by atoms with Crippen molar-refractivity contribution in [2.45, 2.75) is 98.3 Å². The SMILES string of the molecule is C.C.C.CN1CCC(c2cn3c4c(ncc3n2)CC=C4C2CCOCC2)CC1.CN1CCC(c2cn3c4c(ncc3n2)CC=C4C2CCOCC2)CC1. The molecule has 0 bridgehead atoms. The van der Waals surface area contributed by atoms with Gasteiger partial charge in [0.05, 0.1) is 46.6 Å². The van der Waals surface area contributed by atoms with Gasteiger partial charge in [0.15, 0.2) is 11.3 Å². The minimum atomic E-state index is 0. The Hall–Kier alpha value is -3.44. The van der Waals surface area contributed by atoms with E-state index in [0.29, 0.717) is 23.7 Å². The summed E-state index contributed by atoms with van der Waals surface area (Å²) in [5.41, 5.74) is 12.5. The molecule has 0 atom stereocenters. The van der Waals surface area contributed by atoms with Crippen LogP contribution in [0.4, 0.5) is 0 Å². The molecule has 0 unspecified atom stereocenters. The van der Waals surface area contributed by atoms with Gasteiger partial charge in [0.25, 0.3) is 0 Å². The average molecular weight is 725 g/mol. The number of nitrogens with zero attached hydrogens (tertiary/aromatic N) is 8. The molecule has 10 rings (SSSR count). The van der Waals surface area contributed by atoms with Gasteiger partial charge in [0, 0.05) is 63.5 Å². The predicted octanol–water partition coefficient (Wildman–Crippen LogP) is 7.72. The number of piperidine rings is 2. The van der Waals surface area contributed by atoms with Crippen molar-refractivity contribution >= 4 is 22.4 Å². The second kappa shape index (κ2) is 16.9. The van der Waals surface area contributed by atoms with Crippen molar-refractivity contribution in [1.82, 2.24) is 38.5 Å². The normalized spacial score (nSPS) is 21.8. The number of hydrogen-bond acceptors (Lipinski definition) is 8. The third-order valence-electron chi connectivity index (χ3n) is 12.4. The minimum Gasteiger partial charge on any atom is -0.381 e. The first-order valence-electron chi connectivity index (χ1n) is 19.3. The lowest BCUT2D eigenvalue weighted by atomic mass is 9.90. The molecule has 10 heteroatoms. The van der Waals surface area contributed by atoms with E-state index in [1.807, 2.05) is 12.4 Å². The summed E-state index contributed by atoms with van der Waals surface area (Å²) in [4.78, 5) is 24.2. The second-order valence-electron chi connectivity index (χ2n) is 15.6. The van der Waals surface area contributed by atoms with Gasteiger partial charge in [-0.2, -0.15) is 0 Å². The predicted molar refractivity (Wildman–Crippen MR) is 216 cm³/mol. The van der Waals surface area contributed by atoms with Crippen LogP contribution >= 0.6 is 0 Å². The number of ether oxygens (including phenoxy) is 2. The molecule has 4 aliphatic heterocycles. The first-order chi connectivity index (χ1) is 24.6. The first kappa shape index (κ1) is 39.3. The van der Waals surface area contributed by atoms with Gasteiger partial charge in [-0.3, -0.25) is 18.8 Å². The highest BCUT2D eigenvalue weighted by Gasteiger charge is 2.30. The number of aromatic nitrogens is 6. The third kappa shape index (κ3) is 7.75. The maximum Gasteiger partial charge on any atom is 0.156 e. The Morgan fingerprint density at radius 1 is 0.528 bits per heavy atom. The van der Waals surface area contributed by atoms with Crippen LogP contribution in [0.25, 0.3) is 22.4 Å². The van der Waals surface area contributed by atoms with E-state index in [4.69, 9.17) is 29.4 Å². The number of imidazole rings is 2. The van der Waals surface area contributed by atoms with Crippen molar-refractivity contribution in [2.75, 3.05) is 66.7 Å². The highest BCUT2D eigenvalue weighted by atomic mass is 16.5. The Morgan fingerprint density at radius 3 is 1.28 bits per heavy atom. The molecule has 0 aromatic carbocycles. The molecule has 0 spiro atoms. The van der Waals surface area contributed by atoms with Crippen molar-refractivity contribution in [2.24, 2.45) is 11.8 Å². The Kier molecular flexibility index (Phi) is 12.5. The number of fused-ring (bicyclic) bond motifs is 6. The number of hydrogen-bond donors (Lipinski definition) is 0. The monoisotopic (exact) mass is 725 g/mol. The fourth-order valence-electron chi connectivity index (χ4n) is 9.29. The highest BCUT2D eigenvalue weighted by Crippen LogP contribution is 2.39. The average Bonchev–Trinajstić information content (AvgIpc) is 3.97. The Bertz CT molecular complexity index is 1760. The summed E-state index contributed by atoms with van der Waals surface area (Å²) in [5, 5.41) is 0. The zero-order chi connectivity index (χ0) is 33.6. The van der Waals surface area contributed by atoms with Gasteiger partial charge in [-0.15, -0.1) is 0 Å². The minimum absolute atomic E-state index is 0. The maximum atomic E-state index is 5.56. The Labute approximate surface area is 317 Å². The molecule has 8 heterocycles. The summed E-state index contributed by atoms with van der Waals surface area (Å²) in [6.45, 7) is 8.20. The number of rotatable bonds is 4. The molecule has 4 aromatic heterocycles. The summed E-state index contributed by atoms with van der Waals surface area (Å²) >= 11 is 0. The maximum absolute atomic E-state index is 5.56. The van der Waals surface area contributed by atoms with Crippen molar-refractivity contribution < 1.29 is 9.47 Å². The molecule has 6 aliphatic rings. The van der Waals surface area contributed by atoms with Gasteiger partial charge in [-0.1, -0.05) is 34.4 Å². The van der Waals surface area contributed by atoms with Crippen molar-refractivity contribution in [3.63, 3.8) is 0 Å². The summed E-state index contributed by atoms with van der Waals surface area (Å²) in [5.74, 6) is 2.39. The van der Waals surface area contributed by atoms with E-state index < -0.39 is 0 Å². The van der Waals surface area contributed by atoms with Gasteiger partial charge in [0.1, 0.15) is 0 Å². The Balaban J connectivity index is 0.000000172. The molecule has 53 heavy (non-hydrogen) atoms. The molecule has 4 aromatic rings. The topological polar surface area (TPSA) is 85.3 Å². The quantitative estimate of drug-likeness (QED) is 0.212. The van der Waals surface area contributed by atoms with Crippen LogP contribution in [-0.2, 0) is 22.3 Å². The summed E-state index contributed by atoms with van der Waals surface area (Å²) in [7, 11) is 4.42. The zero-order valence-corrected chi connectivity index (χ0v) is 29.9. The van der Waals surface area contributed by atoms with E-state index >= 15 is 0 Å². The van der Waals surface area contributed by atoms with E-state index in [1.165, 1.54) is 97.2 Å². The molecular formula is C43H64N8O2. The van der Waals surface area contributed by atoms with Gasteiger partial charge in [0.2, 0.25) is 0 Å². The van der Waals surface area contributed by atoms with Crippen molar-refractivity contribution in [1.29, 1.82) is 0 Å². The van der Waals surface area contributed by atoms with Gasteiger partial charge in [-0.05, 0) is 115 Å². The van der Waals surface area contributed by atoms with E-state index in [9.17, 15) is 0 Å². The lowest BCUT2D eigenvalue weighted by molar-refractivity contribution is 0.0806. The summed E-state index contributed by atoms with van der Waals surface area (Å²) in [6, 6.07) is 0. The van der Waals surface area contributed by atoms with E-state index in [1.54, 1.807) is 0 Å². The van der Waals surface area contributed by atoms with Crippen LogP contribution in [-0.4, -0.2) is 105 Å². The molecule has 0 amide bonds.